The molecule has 0 spiro atoms. The number of carbonyl (C=O) groups is 1. The molecule has 0 heterocycles. The van der Waals surface area contributed by atoms with Gasteiger partial charge in [0.05, 0.1) is 5.92 Å². The van der Waals surface area contributed by atoms with Crippen molar-refractivity contribution < 1.29 is 9.90 Å². The fraction of sp³-hybridized carbons (Fsp3) is 0.900. The van der Waals surface area contributed by atoms with E-state index in [4.69, 9.17) is 5.11 Å². The van der Waals surface area contributed by atoms with Crippen LogP contribution in [-0.4, -0.2) is 35.1 Å². The number of nitrogens with zero attached hydrogens (tertiary/aromatic N) is 1. The molecule has 0 aliphatic carbocycles. The minimum Gasteiger partial charge on any atom is -0.481 e. The smallest absolute Gasteiger partial charge is 0.307 e. The second-order valence-electron chi connectivity index (χ2n) is 3.58. The van der Waals surface area contributed by atoms with Gasteiger partial charge in [0.2, 0.25) is 0 Å². The lowest BCUT2D eigenvalue weighted by atomic mass is 10.1. The fourth-order valence-electron chi connectivity index (χ4n) is 1.31. The monoisotopic (exact) mass is 187 g/mol. The predicted octanol–water partition coefficient (Wildman–Crippen LogP) is 1.83. The first-order valence-electron chi connectivity index (χ1n) is 4.99. The van der Waals surface area contributed by atoms with E-state index in [1.807, 2.05) is 0 Å². The lowest BCUT2D eigenvalue weighted by molar-refractivity contribution is -0.141. The van der Waals surface area contributed by atoms with Gasteiger partial charge in [-0.25, -0.2) is 0 Å². The summed E-state index contributed by atoms with van der Waals surface area (Å²) in [5.41, 5.74) is 0. The van der Waals surface area contributed by atoms with Gasteiger partial charge >= 0.3 is 5.97 Å². The van der Waals surface area contributed by atoms with E-state index in [0.717, 1.165) is 13.0 Å². The Morgan fingerprint density at radius 2 is 1.92 bits per heavy atom. The third-order valence-corrected chi connectivity index (χ3v) is 2.55. The SMILES string of the molecule is CCC(C)N(CC)CC(C)C(=O)O. The van der Waals surface area contributed by atoms with Crippen LogP contribution in [0, 0.1) is 5.92 Å². The van der Waals surface area contributed by atoms with E-state index in [-0.39, 0.29) is 5.92 Å². The van der Waals surface area contributed by atoms with Gasteiger partial charge in [-0.1, -0.05) is 20.8 Å². The summed E-state index contributed by atoms with van der Waals surface area (Å²) in [7, 11) is 0. The normalized spacial score (nSPS) is 15.8. The van der Waals surface area contributed by atoms with Crippen molar-refractivity contribution in [3.05, 3.63) is 0 Å². The highest BCUT2D eigenvalue weighted by molar-refractivity contribution is 5.69. The molecule has 3 heteroatoms. The summed E-state index contributed by atoms with van der Waals surface area (Å²) < 4.78 is 0. The molecular formula is C10H21NO2. The van der Waals surface area contributed by atoms with Crippen LogP contribution in [0.1, 0.15) is 34.1 Å². The van der Waals surface area contributed by atoms with Crippen LogP contribution in [0.3, 0.4) is 0 Å². The number of hydrogen-bond acceptors (Lipinski definition) is 2. The van der Waals surface area contributed by atoms with Gasteiger partial charge < -0.3 is 10.0 Å². The van der Waals surface area contributed by atoms with Gasteiger partial charge in [-0.3, -0.25) is 4.79 Å². The van der Waals surface area contributed by atoms with Gasteiger partial charge in [-0.2, -0.15) is 0 Å². The average molecular weight is 187 g/mol. The Hall–Kier alpha value is -0.570. The van der Waals surface area contributed by atoms with Gasteiger partial charge in [0.25, 0.3) is 0 Å². The van der Waals surface area contributed by atoms with Crippen LogP contribution in [0.5, 0.6) is 0 Å². The zero-order chi connectivity index (χ0) is 10.4. The van der Waals surface area contributed by atoms with Crippen molar-refractivity contribution in [2.24, 2.45) is 5.92 Å². The van der Waals surface area contributed by atoms with E-state index in [0.29, 0.717) is 12.6 Å². The Labute approximate surface area is 80.7 Å². The third-order valence-electron chi connectivity index (χ3n) is 2.55. The minimum absolute atomic E-state index is 0.269. The van der Waals surface area contributed by atoms with Crippen molar-refractivity contribution in [2.75, 3.05) is 13.1 Å². The molecule has 1 N–H and O–H groups in total. The summed E-state index contributed by atoms with van der Waals surface area (Å²) in [6.07, 6.45) is 1.07. The molecule has 0 aromatic heterocycles. The van der Waals surface area contributed by atoms with Crippen LogP contribution < -0.4 is 0 Å². The first-order valence-corrected chi connectivity index (χ1v) is 4.99. The molecule has 0 aromatic rings. The summed E-state index contributed by atoms with van der Waals surface area (Å²) in [5.74, 6) is -0.976. The highest BCUT2D eigenvalue weighted by Gasteiger charge is 2.17. The Bertz CT molecular complexity index is 159. The van der Waals surface area contributed by atoms with Gasteiger partial charge in [-0.05, 0) is 19.9 Å². The summed E-state index contributed by atoms with van der Waals surface area (Å²) in [4.78, 5) is 12.8. The Kier molecular flexibility index (Phi) is 5.71. The summed E-state index contributed by atoms with van der Waals surface area (Å²) in [6.45, 7) is 9.67. The quantitative estimate of drug-likeness (QED) is 0.689. The third kappa shape index (κ3) is 4.27. The summed E-state index contributed by atoms with van der Waals surface area (Å²) >= 11 is 0. The first-order chi connectivity index (χ1) is 6.02. The zero-order valence-electron chi connectivity index (χ0n) is 9.08. The van der Waals surface area contributed by atoms with Crippen LogP contribution in [0.25, 0.3) is 0 Å². The minimum atomic E-state index is -0.707. The van der Waals surface area contributed by atoms with Gasteiger partial charge in [0.15, 0.2) is 0 Å². The molecule has 2 atom stereocenters. The number of carboxylic acids is 1. The van der Waals surface area contributed by atoms with Crippen LogP contribution >= 0.6 is 0 Å². The molecule has 0 bridgehead atoms. The molecular weight excluding hydrogens is 166 g/mol. The lowest BCUT2D eigenvalue weighted by Crippen LogP contribution is -2.37. The average Bonchev–Trinajstić information content (AvgIpc) is 2.12. The fourth-order valence-corrected chi connectivity index (χ4v) is 1.31. The molecule has 0 radical (unpaired) electrons. The van der Waals surface area contributed by atoms with Gasteiger partial charge in [-0.15, -0.1) is 0 Å². The van der Waals surface area contributed by atoms with E-state index < -0.39 is 5.97 Å². The van der Waals surface area contributed by atoms with Crippen molar-refractivity contribution in [2.45, 2.75) is 40.2 Å². The second kappa shape index (κ2) is 5.97. The van der Waals surface area contributed by atoms with Crippen LogP contribution in [0.4, 0.5) is 0 Å². The Morgan fingerprint density at radius 3 is 2.23 bits per heavy atom. The highest BCUT2D eigenvalue weighted by atomic mass is 16.4. The van der Waals surface area contributed by atoms with E-state index in [1.165, 1.54) is 0 Å². The molecule has 13 heavy (non-hydrogen) atoms. The maximum absolute atomic E-state index is 10.6. The molecule has 0 aliphatic rings. The standard InChI is InChI=1S/C10H21NO2/c1-5-9(4)11(6-2)7-8(3)10(12)13/h8-9H,5-7H2,1-4H3,(H,12,13). The van der Waals surface area contributed by atoms with E-state index in [1.54, 1.807) is 6.92 Å². The molecule has 0 aromatic carbocycles. The van der Waals surface area contributed by atoms with Crippen LogP contribution in [0.2, 0.25) is 0 Å². The zero-order valence-corrected chi connectivity index (χ0v) is 9.08. The molecule has 78 valence electrons. The number of hydrogen-bond donors (Lipinski definition) is 1. The second-order valence-corrected chi connectivity index (χ2v) is 3.58. The molecule has 0 fully saturated rings. The number of rotatable bonds is 6. The number of aliphatic carboxylic acids is 1. The van der Waals surface area contributed by atoms with Crippen molar-refractivity contribution in [1.82, 2.24) is 4.90 Å². The molecule has 0 saturated carbocycles. The maximum Gasteiger partial charge on any atom is 0.307 e. The molecule has 0 amide bonds. The van der Waals surface area contributed by atoms with Crippen molar-refractivity contribution >= 4 is 5.97 Å². The molecule has 0 rings (SSSR count). The first kappa shape index (κ1) is 12.4. The van der Waals surface area contributed by atoms with Crippen molar-refractivity contribution in [3.63, 3.8) is 0 Å². The van der Waals surface area contributed by atoms with E-state index >= 15 is 0 Å². The van der Waals surface area contributed by atoms with Crippen LogP contribution in [0.15, 0.2) is 0 Å². The molecule has 0 saturated heterocycles. The number of carboxylic acid groups (broad SMARTS) is 1. The highest BCUT2D eigenvalue weighted by Crippen LogP contribution is 2.07. The molecule has 0 aliphatic heterocycles. The Balaban J connectivity index is 4.04. The maximum atomic E-state index is 10.6. The molecule has 3 nitrogen and oxygen atoms in total. The lowest BCUT2D eigenvalue weighted by Gasteiger charge is -2.28. The topological polar surface area (TPSA) is 40.5 Å². The van der Waals surface area contributed by atoms with Crippen molar-refractivity contribution in [1.29, 1.82) is 0 Å². The summed E-state index contributed by atoms with van der Waals surface area (Å²) in [5, 5.41) is 8.75. The molecule has 2 unspecified atom stereocenters. The largest absolute Gasteiger partial charge is 0.481 e. The van der Waals surface area contributed by atoms with Crippen LogP contribution in [-0.2, 0) is 4.79 Å². The summed E-state index contributed by atoms with van der Waals surface area (Å²) in [6, 6.07) is 0.479. The van der Waals surface area contributed by atoms with Gasteiger partial charge in [0, 0.05) is 12.6 Å². The predicted molar refractivity (Wildman–Crippen MR) is 53.8 cm³/mol. The Morgan fingerprint density at radius 1 is 1.38 bits per heavy atom. The van der Waals surface area contributed by atoms with E-state index in [9.17, 15) is 4.79 Å². The van der Waals surface area contributed by atoms with E-state index in [2.05, 4.69) is 25.7 Å². The van der Waals surface area contributed by atoms with Crippen molar-refractivity contribution in [3.8, 4) is 0 Å². The van der Waals surface area contributed by atoms with Gasteiger partial charge in [0.1, 0.15) is 0 Å².